The van der Waals surface area contributed by atoms with Crippen molar-refractivity contribution in [2.45, 2.75) is 5.41 Å². The van der Waals surface area contributed by atoms with E-state index in [1.807, 2.05) is 60.7 Å². The van der Waals surface area contributed by atoms with Gasteiger partial charge in [-0.25, -0.2) is 0 Å². The molecule has 0 saturated carbocycles. The highest BCUT2D eigenvalue weighted by molar-refractivity contribution is 6.16. The third-order valence-electron chi connectivity index (χ3n) is 6.68. The molecule has 180 valence electrons. The number of fused-ring (bicyclic) bond motifs is 4. The maximum absolute atomic E-state index is 14.5. The number of ether oxygens (including phenoxy) is 1. The summed E-state index contributed by atoms with van der Waals surface area (Å²) in [7, 11) is 0. The number of primary amides is 1. The molecule has 3 heterocycles. The summed E-state index contributed by atoms with van der Waals surface area (Å²) >= 11 is 0. The van der Waals surface area contributed by atoms with E-state index in [9.17, 15) is 14.9 Å². The van der Waals surface area contributed by atoms with E-state index in [0.717, 1.165) is 0 Å². The molecule has 0 unspecified atom stereocenters. The molecule has 1 spiro atoms. The molecule has 9 nitrogen and oxygen atoms in total. The SMILES string of the molecule is N#CC1=C(N)Oc2c(c(-c3ccccc3)nn2-c2ccccc2)[C@]12C(=O)N(CC(N)=O)c1ccccc12. The van der Waals surface area contributed by atoms with Crippen LogP contribution in [0.2, 0.25) is 0 Å². The Bertz CT molecular complexity index is 1650. The summed E-state index contributed by atoms with van der Waals surface area (Å²) < 4.78 is 7.64. The Morgan fingerprint density at radius 2 is 1.65 bits per heavy atom. The minimum absolute atomic E-state index is 0.0748. The Morgan fingerprint density at radius 1 is 1.00 bits per heavy atom. The molecule has 1 aromatic heterocycles. The lowest BCUT2D eigenvalue weighted by atomic mass is 9.68. The summed E-state index contributed by atoms with van der Waals surface area (Å²) in [5.41, 5.74) is 13.3. The van der Waals surface area contributed by atoms with Gasteiger partial charge in [0.05, 0.1) is 11.3 Å². The summed E-state index contributed by atoms with van der Waals surface area (Å²) in [4.78, 5) is 27.8. The molecule has 1 atom stereocenters. The second-order valence-corrected chi connectivity index (χ2v) is 8.72. The van der Waals surface area contributed by atoms with Crippen LogP contribution in [0.4, 0.5) is 5.69 Å². The van der Waals surface area contributed by atoms with Crippen LogP contribution in [-0.2, 0) is 15.0 Å². The van der Waals surface area contributed by atoms with Crippen molar-refractivity contribution >= 4 is 17.5 Å². The molecule has 4 aromatic rings. The predicted octanol–water partition coefficient (Wildman–Crippen LogP) is 2.74. The number of amides is 2. The van der Waals surface area contributed by atoms with E-state index in [0.29, 0.717) is 33.8 Å². The van der Waals surface area contributed by atoms with Crippen molar-refractivity contribution in [2.75, 3.05) is 11.4 Å². The summed E-state index contributed by atoms with van der Waals surface area (Å²) in [6.45, 7) is -0.361. The molecule has 0 bridgehead atoms. The largest absolute Gasteiger partial charge is 0.422 e. The van der Waals surface area contributed by atoms with Crippen molar-refractivity contribution in [3.8, 4) is 28.9 Å². The van der Waals surface area contributed by atoms with Crippen LogP contribution in [0.15, 0.2) is 96.4 Å². The van der Waals surface area contributed by atoms with E-state index >= 15 is 0 Å². The van der Waals surface area contributed by atoms with Crippen molar-refractivity contribution in [1.82, 2.24) is 9.78 Å². The molecule has 0 radical (unpaired) electrons. The normalized spacial score (nSPS) is 17.8. The van der Waals surface area contributed by atoms with Crippen LogP contribution >= 0.6 is 0 Å². The van der Waals surface area contributed by atoms with E-state index < -0.39 is 17.2 Å². The van der Waals surface area contributed by atoms with Gasteiger partial charge in [-0.3, -0.25) is 9.59 Å². The maximum Gasteiger partial charge on any atom is 0.248 e. The third kappa shape index (κ3) is 2.99. The fourth-order valence-electron chi connectivity index (χ4n) is 5.23. The van der Waals surface area contributed by atoms with Crippen molar-refractivity contribution in [1.29, 1.82) is 5.26 Å². The van der Waals surface area contributed by atoms with Gasteiger partial charge in [-0.1, -0.05) is 66.7 Å². The summed E-state index contributed by atoms with van der Waals surface area (Å²) in [6.07, 6.45) is 0. The van der Waals surface area contributed by atoms with Gasteiger partial charge in [-0.15, -0.1) is 0 Å². The number of anilines is 1. The first kappa shape index (κ1) is 22.1. The summed E-state index contributed by atoms with van der Waals surface area (Å²) in [5.74, 6) is -1.21. The van der Waals surface area contributed by atoms with E-state index in [4.69, 9.17) is 21.3 Å². The Balaban J connectivity index is 1.77. The lowest BCUT2D eigenvalue weighted by molar-refractivity contribution is -0.123. The Kier molecular flexibility index (Phi) is 4.85. The van der Waals surface area contributed by atoms with Gasteiger partial charge in [-0.2, -0.15) is 15.0 Å². The first-order valence-corrected chi connectivity index (χ1v) is 11.5. The number of hydrogen-bond acceptors (Lipinski definition) is 6. The molecule has 2 aliphatic rings. The molecular formula is C28H20N6O3. The fourth-order valence-corrected chi connectivity index (χ4v) is 5.23. The highest BCUT2D eigenvalue weighted by atomic mass is 16.5. The molecule has 0 fully saturated rings. The number of benzene rings is 3. The van der Waals surface area contributed by atoms with Crippen LogP contribution in [0.1, 0.15) is 11.1 Å². The number of para-hydroxylation sites is 2. The van der Waals surface area contributed by atoms with Crippen LogP contribution in [0.5, 0.6) is 5.88 Å². The number of rotatable bonds is 4. The van der Waals surface area contributed by atoms with E-state index in [-0.39, 0.29) is 23.9 Å². The van der Waals surface area contributed by atoms with Crippen molar-refractivity contribution < 1.29 is 14.3 Å². The van der Waals surface area contributed by atoms with Gasteiger partial charge < -0.3 is 21.1 Å². The number of carbonyl (C=O) groups is 2. The number of nitrogens with zero attached hydrogens (tertiary/aromatic N) is 4. The number of nitriles is 1. The second kappa shape index (κ2) is 8.10. The fraction of sp³-hybridized carbons (Fsp3) is 0.0714. The topological polar surface area (TPSA) is 140 Å². The minimum Gasteiger partial charge on any atom is -0.422 e. The third-order valence-corrected chi connectivity index (χ3v) is 6.68. The molecule has 2 amide bonds. The summed E-state index contributed by atoms with van der Waals surface area (Å²) in [5, 5.41) is 15.2. The standard InChI is InChI=1S/C28H20N6O3/c29-15-20-25(31)37-26-23(28(20)19-13-7-8-14-21(19)33(27(28)36)16-22(30)35)24(17-9-3-1-4-10-17)32-34(26)18-11-5-2-6-12-18/h1-14H,16,31H2,(H2,30,35)/t28-/m1/s1. The first-order valence-electron chi connectivity index (χ1n) is 11.5. The number of aromatic nitrogens is 2. The van der Waals surface area contributed by atoms with Gasteiger partial charge in [0.1, 0.15) is 29.3 Å². The van der Waals surface area contributed by atoms with Gasteiger partial charge in [0.15, 0.2) is 0 Å². The number of hydrogen-bond donors (Lipinski definition) is 2. The van der Waals surface area contributed by atoms with E-state index in [1.165, 1.54) is 4.90 Å². The Morgan fingerprint density at radius 3 is 2.32 bits per heavy atom. The molecule has 0 aliphatic carbocycles. The Hall–Kier alpha value is -5.36. The highest BCUT2D eigenvalue weighted by Crippen LogP contribution is 2.57. The highest BCUT2D eigenvalue weighted by Gasteiger charge is 2.61. The van der Waals surface area contributed by atoms with Gasteiger partial charge in [-0.05, 0) is 18.2 Å². The zero-order valence-electron chi connectivity index (χ0n) is 19.5. The molecule has 2 aliphatic heterocycles. The van der Waals surface area contributed by atoms with Crippen molar-refractivity contribution in [3.05, 3.63) is 108 Å². The van der Waals surface area contributed by atoms with Crippen LogP contribution in [0, 0.1) is 11.3 Å². The van der Waals surface area contributed by atoms with Crippen LogP contribution in [0.3, 0.4) is 0 Å². The van der Waals surface area contributed by atoms with Crippen molar-refractivity contribution in [3.63, 3.8) is 0 Å². The van der Waals surface area contributed by atoms with Crippen LogP contribution < -0.4 is 21.1 Å². The van der Waals surface area contributed by atoms with Crippen LogP contribution in [0.25, 0.3) is 16.9 Å². The minimum atomic E-state index is -1.70. The monoisotopic (exact) mass is 488 g/mol. The second-order valence-electron chi connectivity index (χ2n) is 8.72. The number of carbonyl (C=O) groups excluding carboxylic acids is 2. The van der Waals surface area contributed by atoms with Crippen molar-refractivity contribution in [2.24, 2.45) is 11.5 Å². The van der Waals surface area contributed by atoms with Gasteiger partial charge in [0.2, 0.25) is 23.6 Å². The van der Waals surface area contributed by atoms with Crippen LogP contribution in [-0.4, -0.2) is 28.1 Å². The molecule has 0 saturated heterocycles. The van der Waals surface area contributed by atoms with E-state index in [2.05, 4.69) is 6.07 Å². The first-order chi connectivity index (χ1) is 18.0. The van der Waals surface area contributed by atoms with Gasteiger partial charge in [0.25, 0.3) is 0 Å². The average Bonchev–Trinajstić information content (AvgIpc) is 3.40. The molecule has 6 rings (SSSR count). The Labute approximate surface area is 211 Å². The van der Waals surface area contributed by atoms with E-state index in [1.54, 1.807) is 28.9 Å². The lowest BCUT2D eigenvalue weighted by Crippen LogP contribution is -2.48. The lowest BCUT2D eigenvalue weighted by Gasteiger charge is -2.33. The zero-order chi connectivity index (χ0) is 25.7. The quantitative estimate of drug-likeness (QED) is 0.453. The average molecular weight is 489 g/mol. The molecule has 9 heteroatoms. The zero-order valence-corrected chi connectivity index (χ0v) is 19.5. The predicted molar refractivity (Wildman–Crippen MR) is 135 cm³/mol. The molecule has 4 N–H and O–H groups in total. The number of nitrogens with two attached hydrogens (primary N) is 2. The summed E-state index contributed by atoms with van der Waals surface area (Å²) in [6, 6.07) is 27.7. The molecule has 3 aromatic carbocycles. The molecular weight excluding hydrogens is 468 g/mol. The molecule has 37 heavy (non-hydrogen) atoms. The van der Waals surface area contributed by atoms with Gasteiger partial charge in [0, 0.05) is 16.8 Å². The van der Waals surface area contributed by atoms with Gasteiger partial charge >= 0.3 is 0 Å². The smallest absolute Gasteiger partial charge is 0.248 e. The maximum atomic E-state index is 14.5.